The smallest absolute Gasteiger partial charge is 0.267 e. The van der Waals surface area contributed by atoms with Gasteiger partial charge in [0.25, 0.3) is 11.8 Å². The number of thioether (sulfide) groups is 1. The fraction of sp³-hybridized carbons (Fsp3) is 0.476. The van der Waals surface area contributed by atoms with Crippen molar-refractivity contribution in [1.29, 1.82) is 0 Å². The summed E-state index contributed by atoms with van der Waals surface area (Å²) in [5, 5.41) is 0. The maximum absolute atomic E-state index is 13.2. The summed E-state index contributed by atoms with van der Waals surface area (Å²) in [6.45, 7) is 7.47. The standard InChI is InChI=1S/C21H25BrN2O2S2/c1-4-7-8-13(5-2)12-24-20(26)18(28-21(24)27)17-15-11-14(22)9-10-16(15)23(6-3)19(17)25/h9-11,13H,4-8,12H2,1-3H3/b18-17-/t13-/m1/s1. The van der Waals surface area contributed by atoms with E-state index in [-0.39, 0.29) is 11.8 Å². The molecule has 7 heteroatoms. The van der Waals surface area contributed by atoms with Crippen molar-refractivity contribution in [2.24, 2.45) is 5.92 Å². The summed E-state index contributed by atoms with van der Waals surface area (Å²) in [4.78, 5) is 30.2. The van der Waals surface area contributed by atoms with Crippen LogP contribution in [0.1, 0.15) is 52.0 Å². The van der Waals surface area contributed by atoms with E-state index in [2.05, 4.69) is 29.8 Å². The largest absolute Gasteiger partial charge is 0.308 e. The van der Waals surface area contributed by atoms with Gasteiger partial charge in [-0.15, -0.1) is 0 Å². The molecule has 2 heterocycles. The first kappa shape index (κ1) is 21.5. The average molecular weight is 481 g/mol. The number of hydrogen-bond acceptors (Lipinski definition) is 4. The second-order valence-electron chi connectivity index (χ2n) is 7.12. The first-order chi connectivity index (χ1) is 13.4. The van der Waals surface area contributed by atoms with Crippen molar-refractivity contribution in [1.82, 2.24) is 4.90 Å². The third-order valence-electron chi connectivity index (χ3n) is 5.35. The number of nitrogens with zero attached hydrogens (tertiary/aromatic N) is 2. The molecule has 2 amide bonds. The SMILES string of the molecule is CCCC[C@@H](CC)CN1C(=O)/C(=C2/C(=O)N(CC)c3ccc(Br)cc32)SC1=S. The molecule has 1 aromatic carbocycles. The highest BCUT2D eigenvalue weighted by molar-refractivity contribution is 9.10. The fourth-order valence-electron chi connectivity index (χ4n) is 3.72. The quantitative estimate of drug-likeness (QED) is 0.375. The topological polar surface area (TPSA) is 40.6 Å². The summed E-state index contributed by atoms with van der Waals surface area (Å²) < 4.78 is 1.44. The minimum absolute atomic E-state index is 0.117. The van der Waals surface area contributed by atoms with E-state index >= 15 is 0 Å². The number of hydrogen-bond donors (Lipinski definition) is 0. The van der Waals surface area contributed by atoms with Crippen LogP contribution in [0.2, 0.25) is 0 Å². The normalized spacial score (nSPS) is 20.4. The molecule has 2 aliphatic heterocycles. The van der Waals surface area contributed by atoms with Crippen LogP contribution in [0.15, 0.2) is 27.6 Å². The van der Waals surface area contributed by atoms with Crippen LogP contribution in [0.25, 0.3) is 5.57 Å². The lowest BCUT2D eigenvalue weighted by Crippen LogP contribution is -2.33. The molecule has 4 nitrogen and oxygen atoms in total. The third kappa shape index (κ3) is 3.94. The second kappa shape index (κ2) is 9.09. The van der Waals surface area contributed by atoms with Crippen LogP contribution in [0, 0.1) is 5.92 Å². The van der Waals surface area contributed by atoms with Gasteiger partial charge in [0.2, 0.25) is 0 Å². The van der Waals surface area contributed by atoms with E-state index in [1.54, 1.807) is 9.80 Å². The highest BCUT2D eigenvalue weighted by atomic mass is 79.9. The van der Waals surface area contributed by atoms with Crippen molar-refractivity contribution in [2.75, 3.05) is 18.0 Å². The van der Waals surface area contributed by atoms with Gasteiger partial charge in [-0.25, -0.2) is 0 Å². The van der Waals surface area contributed by atoms with Crippen LogP contribution in [-0.4, -0.2) is 34.1 Å². The number of amides is 2. The molecule has 28 heavy (non-hydrogen) atoms. The van der Waals surface area contributed by atoms with Gasteiger partial charge in [-0.2, -0.15) is 0 Å². The molecule has 0 N–H and O–H groups in total. The van der Waals surface area contributed by atoms with Crippen LogP contribution in [0.5, 0.6) is 0 Å². The lowest BCUT2D eigenvalue weighted by atomic mass is 9.98. The molecule has 1 saturated heterocycles. The molecule has 0 aromatic heterocycles. The molecule has 0 bridgehead atoms. The lowest BCUT2D eigenvalue weighted by Gasteiger charge is -2.21. The van der Waals surface area contributed by atoms with E-state index < -0.39 is 0 Å². The molecule has 3 rings (SSSR count). The average Bonchev–Trinajstić information content (AvgIpc) is 3.10. The Labute approximate surface area is 184 Å². The van der Waals surface area contributed by atoms with Gasteiger partial charge in [-0.05, 0) is 37.5 Å². The zero-order chi connectivity index (χ0) is 20.4. The zero-order valence-electron chi connectivity index (χ0n) is 16.5. The molecule has 0 spiro atoms. The maximum Gasteiger partial charge on any atom is 0.267 e. The number of unbranched alkanes of at least 4 members (excludes halogenated alkanes) is 1. The first-order valence-corrected chi connectivity index (χ1v) is 11.8. The predicted octanol–water partition coefficient (Wildman–Crippen LogP) is 5.60. The first-order valence-electron chi connectivity index (χ1n) is 9.82. The Bertz CT molecular complexity index is 853. The minimum Gasteiger partial charge on any atom is -0.308 e. The molecule has 0 saturated carbocycles. The van der Waals surface area contributed by atoms with Gasteiger partial charge in [0, 0.05) is 23.1 Å². The molecular weight excluding hydrogens is 456 g/mol. The number of anilines is 1. The molecule has 2 aliphatic rings. The molecule has 1 atom stereocenters. The molecule has 1 aromatic rings. The Balaban J connectivity index is 1.97. The summed E-state index contributed by atoms with van der Waals surface area (Å²) in [5.74, 6) is 0.186. The van der Waals surface area contributed by atoms with E-state index in [0.717, 1.165) is 41.4 Å². The molecule has 0 radical (unpaired) electrons. The van der Waals surface area contributed by atoms with Gasteiger partial charge in [0.05, 0.1) is 16.2 Å². The highest BCUT2D eigenvalue weighted by Crippen LogP contribution is 2.45. The molecule has 1 fully saturated rings. The minimum atomic E-state index is -0.128. The molecule has 150 valence electrons. The van der Waals surface area contributed by atoms with Gasteiger partial charge in [0.15, 0.2) is 0 Å². The predicted molar refractivity (Wildman–Crippen MR) is 124 cm³/mol. The Morgan fingerprint density at radius 2 is 1.89 bits per heavy atom. The van der Waals surface area contributed by atoms with Crippen molar-refractivity contribution < 1.29 is 9.59 Å². The Kier molecular flexibility index (Phi) is 6.99. The third-order valence-corrected chi connectivity index (χ3v) is 7.30. The fourth-order valence-corrected chi connectivity index (χ4v) is 5.43. The Morgan fingerprint density at radius 1 is 1.14 bits per heavy atom. The lowest BCUT2D eigenvalue weighted by molar-refractivity contribution is -0.123. The van der Waals surface area contributed by atoms with Crippen molar-refractivity contribution in [3.8, 4) is 0 Å². The zero-order valence-corrected chi connectivity index (χ0v) is 19.7. The number of halogens is 1. The van der Waals surface area contributed by atoms with E-state index in [9.17, 15) is 9.59 Å². The number of likely N-dealkylation sites (N-methyl/N-ethyl adjacent to an activating group) is 1. The Hall–Kier alpha value is -1.18. The van der Waals surface area contributed by atoms with Gasteiger partial charge in [-0.3, -0.25) is 14.5 Å². The van der Waals surface area contributed by atoms with Gasteiger partial charge in [-0.1, -0.05) is 73.0 Å². The number of carbonyl (C=O) groups is 2. The van der Waals surface area contributed by atoms with Crippen LogP contribution in [0.3, 0.4) is 0 Å². The van der Waals surface area contributed by atoms with E-state index in [0.29, 0.717) is 33.8 Å². The number of benzene rings is 1. The van der Waals surface area contributed by atoms with E-state index in [1.165, 1.54) is 11.8 Å². The van der Waals surface area contributed by atoms with Crippen LogP contribution < -0.4 is 4.90 Å². The van der Waals surface area contributed by atoms with Crippen LogP contribution >= 0.6 is 39.9 Å². The van der Waals surface area contributed by atoms with Gasteiger partial charge in [0.1, 0.15) is 4.32 Å². The van der Waals surface area contributed by atoms with E-state index in [4.69, 9.17) is 12.2 Å². The van der Waals surface area contributed by atoms with Crippen LogP contribution in [-0.2, 0) is 9.59 Å². The molecule has 0 aliphatic carbocycles. The van der Waals surface area contributed by atoms with Crippen molar-refractivity contribution in [3.05, 3.63) is 33.1 Å². The molecule has 0 unspecified atom stereocenters. The Morgan fingerprint density at radius 3 is 2.54 bits per heavy atom. The number of thiocarbonyl (C=S) groups is 1. The second-order valence-corrected chi connectivity index (χ2v) is 9.68. The summed E-state index contributed by atoms with van der Waals surface area (Å²) in [7, 11) is 0. The summed E-state index contributed by atoms with van der Waals surface area (Å²) in [5.41, 5.74) is 2.14. The summed E-state index contributed by atoms with van der Waals surface area (Å²) in [6, 6.07) is 5.76. The maximum atomic E-state index is 13.2. The van der Waals surface area contributed by atoms with Crippen molar-refractivity contribution in [3.63, 3.8) is 0 Å². The van der Waals surface area contributed by atoms with E-state index in [1.807, 2.05) is 25.1 Å². The van der Waals surface area contributed by atoms with Gasteiger partial charge >= 0.3 is 0 Å². The van der Waals surface area contributed by atoms with Gasteiger partial charge < -0.3 is 4.90 Å². The number of fused-ring (bicyclic) bond motifs is 1. The number of carbonyl (C=O) groups excluding carboxylic acids is 2. The summed E-state index contributed by atoms with van der Waals surface area (Å²) >= 11 is 10.3. The van der Waals surface area contributed by atoms with Crippen molar-refractivity contribution >= 4 is 67.3 Å². The van der Waals surface area contributed by atoms with Crippen LogP contribution in [0.4, 0.5) is 5.69 Å². The monoisotopic (exact) mass is 480 g/mol. The highest BCUT2D eigenvalue weighted by Gasteiger charge is 2.42. The number of rotatable bonds is 7. The van der Waals surface area contributed by atoms with Crippen molar-refractivity contribution in [2.45, 2.75) is 46.5 Å². The summed E-state index contributed by atoms with van der Waals surface area (Å²) in [6.07, 6.45) is 4.40. The molecular formula is C21H25BrN2O2S2.